The number of rotatable bonds is 4. The van der Waals surface area contributed by atoms with E-state index in [9.17, 15) is 14.4 Å². The van der Waals surface area contributed by atoms with Crippen LogP contribution in [0.25, 0.3) is 0 Å². The molecule has 3 N–H and O–H groups in total. The average molecular weight is 261 g/mol. The molecule has 1 aliphatic heterocycles. The lowest BCUT2D eigenvalue weighted by atomic mass is 10.3. The molecule has 1 aliphatic rings. The van der Waals surface area contributed by atoms with Crippen molar-refractivity contribution in [2.45, 2.75) is 12.5 Å². The summed E-state index contributed by atoms with van der Waals surface area (Å²) < 4.78 is 0. The Bertz CT molecular complexity index is 323. The van der Waals surface area contributed by atoms with Crippen LogP contribution in [0.1, 0.15) is 6.42 Å². The van der Waals surface area contributed by atoms with Crippen molar-refractivity contribution in [2.24, 2.45) is 0 Å². The third-order valence-electron chi connectivity index (χ3n) is 2.34. The maximum absolute atomic E-state index is 11.6. The number of hydrogen-bond donors (Lipinski definition) is 3. The van der Waals surface area contributed by atoms with E-state index in [4.69, 9.17) is 5.11 Å². The second kappa shape index (κ2) is 6.33. The van der Waals surface area contributed by atoms with Crippen molar-refractivity contribution in [3.63, 3.8) is 0 Å². The van der Waals surface area contributed by atoms with Gasteiger partial charge in [-0.3, -0.25) is 4.79 Å². The van der Waals surface area contributed by atoms with Crippen LogP contribution >= 0.6 is 11.8 Å². The number of urea groups is 1. The van der Waals surface area contributed by atoms with Gasteiger partial charge in [-0.05, 0) is 0 Å². The Kier molecular flexibility index (Phi) is 5.08. The molecule has 1 atom stereocenters. The zero-order valence-corrected chi connectivity index (χ0v) is 10.2. The summed E-state index contributed by atoms with van der Waals surface area (Å²) in [6.45, 7) is 0.200. The summed E-state index contributed by atoms with van der Waals surface area (Å²) in [6.07, 6.45) is 0.182. The smallest absolute Gasteiger partial charge is 0.327 e. The molecule has 1 heterocycles. The summed E-state index contributed by atoms with van der Waals surface area (Å²) in [6, 6.07) is -1.22. The summed E-state index contributed by atoms with van der Waals surface area (Å²) in [4.78, 5) is 34.7. The molecule has 0 unspecified atom stereocenters. The molecule has 0 radical (unpaired) electrons. The van der Waals surface area contributed by atoms with Crippen molar-refractivity contribution >= 4 is 29.7 Å². The molecule has 1 rings (SSSR count). The van der Waals surface area contributed by atoms with Crippen LogP contribution in [0.2, 0.25) is 0 Å². The fraction of sp³-hybridized carbons (Fsp3) is 0.667. The van der Waals surface area contributed by atoms with E-state index in [1.54, 1.807) is 0 Å². The molecule has 8 heteroatoms. The second-order valence-electron chi connectivity index (χ2n) is 3.48. The monoisotopic (exact) mass is 261 g/mol. The van der Waals surface area contributed by atoms with Crippen LogP contribution in [-0.2, 0) is 9.59 Å². The van der Waals surface area contributed by atoms with Crippen LogP contribution in [0.5, 0.6) is 0 Å². The van der Waals surface area contributed by atoms with Gasteiger partial charge in [-0.2, -0.15) is 0 Å². The molecule has 17 heavy (non-hydrogen) atoms. The van der Waals surface area contributed by atoms with Gasteiger partial charge in [-0.1, -0.05) is 0 Å². The van der Waals surface area contributed by atoms with Gasteiger partial charge in [-0.15, -0.1) is 11.8 Å². The van der Waals surface area contributed by atoms with Gasteiger partial charge in [-0.25, -0.2) is 9.59 Å². The third kappa shape index (κ3) is 3.81. The largest absolute Gasteiger partial charge is 0.480 e. The number of carbonyl (C=O) groups is 3. The molecule has 7 nitrogen and oxygen atoms in total. The summed E-state index contributed by atoms with van der Waals surface area (Å²) >= 11 is 1.40. The van der Waals surface area contributed by atoms with Crippen LogP contribution in [0, 0.1) is 0 Å². The van der Waals surface area contributed by atoms with Gasteiger partial charge in [0.05, 0.1) is 5.88 Å². The maximum Gasteiger partial charge on any atom is 0.327 e. The van der Waals surface area contributed by atoms with E-state index in [0.717, 1.165) is 0 Å². The van der Waals surface area contributed by atoms with Crippen molar-refractivity contribution < 1.29 is 19.5 Å². The first-order valence-electron chi connectivity index (χ1n) is 5.12. The van der Waals surface area contributed by atoms with Crippen LogP contribution < -0.4 is 10.6 Å². The number of hydrogen-bond acceptors (Lipinski definition) is 4. The fourth-order valence-electron chi connectivity index (χ4n) is 1.36. The number of carboxylic acid groups (broad SMARTS) is 1. The highest BCUT2D eigenvalue weighted by Gasteiger charge is 2.34. The molecule has 0 aromatic rings. The normalized spacial score (nSPS) is 18.9. The molecule has 0 saturated carbocycles. The van der Waals surface area contributed by atoms with E-state index in [0.29, 0.717) is 11.6 Å². The molecule has 0 aromatic heterocycles. The van der Waals surface area contributed by atoms with Crippen molar-refractivity contribution in [1.29, 1.82) is 0 Å². The Morgan fingerprint density at radius 1 is 1.47 bits per heavy atom. The lowest BCUT2D eigenvalue weighted by Gasteiger charge is -2.20. The highest BCUT2D eigenvalue weighted by atomic mass is 32.2. The first kappa shape index (κ1) is 13.6. The number of nitrogens with one attached hydrogen (secondary N) is 2. The van der Waals surface area contributed by atoms with Crippen molar-refractivity contribution in [3.05, 3.63) is 0 Å². The van der Waals surface area contributed by atoms with Crippen LogP contribution in [-0.4, -0.2) is 59.2 Å². The lowest BCUT2D eigenvalue weighted by molar-refractivity contribution is -0.140. The van der Waals surface area contributed by atoms with E-state index in [1.165, 1.54) is 23.7 Å². The SMILES string of the molecule is CNC(=O)CCNC(=O)N1CSC[C@H]1C(=O)O. The predicted octanol–water partition coefficient (Wildman–Crippen LogP) is -0.708. The standard InChI is InChI=1S/C9H15N3O4S/c1-10-7(13)2-3-11-9(16)12-5-17-4-6(12)8(14)15/h6H,2-5H2,1H3,(H,10,13)(H,11,16)(H,14,15)/t6-/m0/s1. The number of nitrogens with zero attached hydrogens (tertiary/aromatic N) is 1. The molecule has 96 valence electrons. The fourth-order valence-corrected chi connectivity index (χ4v) is 2.50. The van der Waals surface area contributed by atoms with Gasteiger partial charge in [0.2, 0.25) is 5.91 Å². The van der Waals surface area contributed by atoms with E-state index < -0.39 is 18.0 Å². The summed E-state index contributed by atoms with van der Waals surface area (Å²) in [5.74, 6) is -0.409. The average Bonchev–Trinajstić information content (AvgIpc) is 2.77. The Morgan fingerprint density at radius 2 is 2.18 bits per heavy atom. The zero-order chi connectivity index (χ0) is 12.8. The lowest BCUT2D eigenvalue weighted by Crippen LogP contribution is -2.47. The minimum absolute atomic E-state index is 0.170. The molecule has 1 saturated heterocycles. The first-order chi connectivity index (χ1) is 8.06. The Balaban J connectivity index is 2.37. The van der Waals surface area contributed by atoms with Gasteiger partial charge >= 0.3 is 12.0 Å². The molecule has 0 spiro atoms. The van der Waals surface area contributed by atoms with E-state index in [-0.39, 0.29) is 18.9 Å². The number of thioether (sulfide) groups is 1. The van der Waals surface area contributed by atoms with Crippen LogP contribution in [0.15, 0.2) is 0 Å². The van der Waals surface area contributed by atoms with Crippen molar-refractivity contribution in [3.8, 4) is 0 Å². The highest BCUT2D eigenvalue weighted by Crippen LogP contribution is 2.20. The third-order valence-corrected chi connectivity index (χ3v) is 3.35. The maximum atomic E-state index is 11.6. The Labute approximate surface area is 103 Å². The first-order valence-corrected chi connectivity index (χ1v) is 6.27. The second-order valence-corrected chi connectivity index (χ2v) is 4.48. The number of aliphatic carboxylic acids is 1. The van der Waals surface area contributed by atoms with Gasteiger partial charge in [0, 0.05) is 25.8 Å². The zero-order valence-electron chi connectivity index (χ0n) is 9.43. The van der Waals surface area contributed by atoms with E-state index in [1.807, 2.05) is 0 Å². The quantitative estimate of drug-likeness (QED) is 0.621. The summed E-state index contributed by atoms with van der Waals surface area (Å²) in [5.41, 5.74) is 0. The molecule has 1 fully saturated rings. The number of amides is 3. The Morgan fingerprint density at radius 3 is 2.76 bits per heavy atom. The molecule has 0 aliphatic carbocycles. The van der Waals surface area contributed by atoms with Crippen LogP contribution in [0.3, 0.4) is 0 Å². The topological polar surface area (TPSA) is 98.7 Å². The highest BCUT2D eigenvalue weighted by molar-refractivity contribution is 7.99. The van der Waals surface area contributed by atoms with Crippen molar-refractivity contribution in [1.82, 2.24) is 15.5 Å². The molecular weight excluding hydrogens is 246 g/mol. The van der Waals surface area contributed by atoms with Crippen molar-refractivity contribution in [2.75, 3.05) is 25.2 Å². The van der Waals surface area contributed by atoms with E-state index >= 15 is 0 Å². The number of carbonyl (C=O) groups excluding carboxylic acids is 2. The van der Waals surface area contributed by atoms with E-state index in [2.05, 4.69) is 10.6 Å². The molecule has 0 bridgehead atoms. The van der Waals surface area contributed by atoms with Gasteiger partial charge < -0.3 is 20.6 Å². The predicted molar refractivity (Wildman–Crippen MR) is 62.7 cm³/mol. The molecule has 0 aromatic carbocycles. The summed E-state index contributed by atoms with van der Waals surface area (Å²) in [5, 5.41) is 13.8. The van der Waals surface area contributed by atoms with Gasteiger partial charge in [0.25, 0.3) is 0 Å². The van der Waals surface area contributed by atoms with Gasteiger partial charge in [0.15, 0.2) is 0 Å². The van der Waals surface area contributed by atoms with Gasteiger partial charge in [0.1, 0.15) is 6.04 Å². The Hall–Kier alpha value is -1.44. The van der Waals surface area contributed by atoms with Crippen LogP contribution in [0.4, 0.5) is 4.79 Å². The molecule has 3 amide bonds. The minimum Gasteiger partial charge on any atom is -0.480 e. The molecular formula is C9H15N3O4S. The minimum atomic E-state index is -1.00. The summed E-state index contributed by atoms with van der Waals surface area (Å²) in [7, 11) is 1.52. The number of carboxylic acids is 1.